The molecular formula is C17H28N4. The fourth-order valence-corrected chi connectivity index (χ4v) is 3.57. The molecule has 0 radical (unpaired) electrons. The van der Waals surface area contributed by atoms with Gasteiger partial charge in [0, 0.05) is 31.9 Å². The molecule has 2 fully saturated rings. The van der Waals surface area contributed by atoms with Gasteiger partial charge in [-0.1, -0.05) is 0 Å². The van der Waals surface area contributed by atoms with E-state index in [4.69, 9.17) is 5.73 Å². The highest BCUT2D eigenvalue weighted by atomic mass is 15.2. The van der Waals surface area contributed by atoms with Crippen molar-refractivity contribution in [3.63, 3.8) is 0 Å². The van der Waals surface area contributed by atoms with Gasteiger partial charge in [-0.2, -0.15) is 0 Å². The van der Waals surface area contributed by atoms with Crippen LogP contribution in [0.25, 0.3) is 0 Å². The third kappa shape index (κ3) is 3.74. The zero-order chi connectivity index (χ0) is 14.7. The third-order valence-electron chi connectivity index (χ3n) is 4.95. The van der Waals surface area contributed by atoms with E-state index >= 15 is 0 Å². The Hall–Kier alpha value is -1.13. The number of pyridine rings is 1. The van der Waals surface area contributed by atoms with E-state index in [1.165, 1.54) is 50.9 Å². The fourth-order valence-electron chi connectivity index (χ4n) is 3.57. The molecule has 2 aliphatic rings. The number of nitrogens with two attached hydrogens (primary N) is 1. The second-order valence-electron chi connectivity index (χ2n) is 6.67. The zero-order valence-corrected chi connectivity index (χ0v) is 13.2. The van der Waals surface area contributed by atoms with E-state index < -0.39 is 0 Å². The second kappa shape index (κ2) is 6.75. The molecule has 2 aliphatic heterocycles. The minimum absolute atomic E-state index is 0.0828. The molecule has 0 saturated carbocycles. The van der Waals surface area contributed by atoms with Crippen LogP contribution in [0.2, 0.25) is 0 Å². The van der Waals surface area contributed by atoms with Gasteiger partial charge in [0.05, 0.1) is 0 Å². The van der Waals surface area contributed by atoms with E-state index in [2.05, 4.69) is 20.9 Å². The Morgan fingerprint density at radius 1 is 1.24 bits per heavy atom. The third-order valence-corrected chi connectivity index (χ3v) is 4.95. The molecule has 1 atom stereocenters. The molecule has 4 heteroatoms. The molecule has 0 amide bonds. The topological polar surface area (TPSA) is 45.4 Å². The number of hydrogen-bond acceptors (Lipinski definition) is 4. The molecular weight excluding hydrogens is 260 g/mol. The normalized spacial score (nSPS) is 22.7. The van der Waals surface area contributed by atoms with Crippen LogP contribution in [-0.2, 0) is 0 Å². The van der Waals surface area contributed by atoms with Gasteiger partial charge in [0.1, 0.15) is 5.82 Å². The summed E-state index contributed by atoms with van der Waals surface area (Å²) in [5, 5.41) is 0. The highest BCUT2D eigenvalue weighted by molar-refractivity contribution is 5.42. The molecule has 21 heavy (non-hydrogen) atoms. The lowest BCUT2D eigenvalue weighted by Crippen LogP contribution is -2.38. The van der Waals surface area contributed by atoms with Crippen molar-refractivity contribution in [2.75, 3.05) is 37.6 Å². The number of aromatic nitrogens is 1. The Morgan fingerprint density at radius 3 is 2.62 bits per heavy atom. The summed E-state index contributed by atoms with van der Waals surface area (Å²) in [4.78, 5) is 9.60. The standard InChI is InChI=1S/C17H28N4/c1-14(18)16-4-7-19-17(12-16)21-10-5-15(6-11-21)13-20-8-2-3-9-20/h4,7,12,14-15H,2-3,5-6,8-11,13,18H2,1H3/t14-/m0/s1. The van der Waals surface area contributed by atoms with Crippen molar-refractivity contribution in [1.82, 2.24) is 9.88 Å². The number of anilines is 1. The smallest absolute Gasteiger partial charge is 0.128 e. The number of nitrogens with zero attached hydrogens (tertiary/aromatic N) is 3. The lowest BCUT2D eigenvalue weighted by atomic mass is 9.96. The zero-order valence-electron chi connectivity index (χ0n) is 13.2. The summed E-state index contributed by atoms with van der Waals surface area (Å²) in [6, 6.07) is 4.26. The second-order valence-corrected chi connectivity index (χ2v) is 6.67. The van der Waals surface area contributed by atoms with Crippen molar-refractivity contribution in [2.45, 2.75) is 38.6 Å². The summed E-state index contributed by atoms with van der Waals surface area (Å²) in [5.74, 6) is 1.97. The summed E-state index contributed by atoms with van der Waals surface area (Å²) in [5.41, 5.74) is 7.15. The van der Waals surface area contributed by atoms with Crippen molar-refractivity contribution >= 4 is 5.82 Å². The number of hydrogen-bond donors (Lipinski definition) is 1. The predicted octanol–water partition coefficient (Wildman–Crippen LogP) is 2.41. The average Bonchev–Trinajstić information content (AvgIpc) is 3.01. The van der Waals surface area contributed by atoms with E-state index in [0.29, 0.717) is 0 Å². The van der Waals surface area contributed by atoms with Gasteiger partial charge in [0.25, 0.3) is 0 Å². The SMILES string of the molecule is C[C@H](N)c1ccnc(N2CCC(CN3CCCC3)CC2)c1. The minimum atomic E-state index is 0.0828. The molecule has 116 valence electrons. The van der Waals surface area contributed by atoms with Gasteiger partial charge in [-0.3, -0.25) is 0 Å². The number of likely N-dealkylation sites (tertiary alicyclic amines) is 1. The monoisotopic (exact) mass is 288 g/mol. The van der Waals surface area contributed by atoms with Crippen molar-refractivity contribution in [3.8, 4) is 0 Å². The molecule has 0 spiro atoms. The molecule has 3 heterocycles. The lowest BCUT2D eigenvalue weighted by Gasteiger charge is -2.34. The Balaban J connectivity index is 1.54. The summed E-state index contributed by atoms with van der Waals surface area (Å²) in [6.07, 6.45) is 7.27. The van der Waals surface area contributed by atoms with Crippen LogP contribution in [0.4, 0.5) is 5.82 Å². The Labute approximate surface area is 128 Å². The number of piperidine rings is 1. The number of rotatable bonds is 4. The van der Waals surface area contributed by atoms with E-state index in [9.17, 15) is 0 Å². The van der Waals surface area contributed by atoms with Gasteiger partial charge in [0.2, 0.25) is 0 Å². The van der Waals surface area contributed by atoms with E-state index in [-0.39, 0.29) is 6.04 Å². The van der Waals surface area contributed by atoms with Crippen LogP contribution in [-0.4, -0.2) is 42.6 Å². The van der Waals surface area contributed by atoms with Crippen LogP contribution >= 0.6 is 0 Å². The van der Waals surface area contributed by atoms with Crippen LogP contribution in [0, 0.1) is 5.92 Å². The molecule has 1 aromatic rings. The van der Waals surface area contributed by atoms with Crippen LogP contribution in [0.5, 0.6) is 0 Å². The largest absolute Gasteiger partial charge is 0.357 e. The van der Waals surface area contributed by atoms with Crippen molar-refractivity contribution < 1.29 is 0 Å². The van der Waals surface area contributed by atoms with Gasteiger partial charge < -0.3 is 15.5 Å². The summed E-state index contributed by atoms with van der Waals surface area (Å²) in [6.45, 7) is 8.24. The van der Waals surface area contributed by atoms with Gasteiger partial charge in [-0.25, -0.2) is 4.98 Å². The summed E-state index contributed by atoms with van der Waals surface area (Å²) in [7, 11) is 0. The summed E-state index contributed by atoms with van der Waals surface area (Å²) >= 11 is 0. The molecule has 0 aliphatic carbocycles. The van der Waals surface area contributed by atoms with Crippen LogP contribution in [0.1, 0.15) is 44.2 Å². The molecule has 0 aromatic carbocycles. The fraction of sp³-hybridized carbons (Fsp3) is 0.706. The van der Waals surface area contributed by atoms with Crippen LogP contribution in [0.15, 0.2) is 18.3 Å². The molecule has 0 bridgehead atoms. The van der Waals surface area contributed by atoms with E-state index in [1.54, 1.807) is 0 Å². The first kappa shape index (κ1) is 14.8. The van der Waals surface area contributed by atoms with Crippen LogP contribution in [0.3, 0.4) is 0 Å². The van der Waals surface area contributed by atoms with Crippen LogP contribution < -0.4 is 10.6 Å². The van der Waals surface area contributed by atoms with Gasteiger partial charge in [-0.05, 0) is 69.3 Å². The first-order valence-corrected chi connectivity index (χ1v) is 8.41. The van der Waals surface area contributed by atoms with Crippen molar-refractivity contribution in [3.05, 3.63) is 23.9 Å². The maximum absolute atomic E-state index is 5.97. The predicted molar refractivity (Wildman–Crippen MR) is 87.5 cm³/mol. The molecule has 0 unspecified atom stereocenters. The first-order chi connectivity index (χ1) is 10.2. The highest BCUT2D eigenvalue weighted by Crippen LogP contribution is 2.25. The Morgan fingerprint density at radius 2 is 1.95 bits per heavy atom. The Bertz CT molecular complexity index is 446. The quantitative estimate of drug-likeness (QED) is 0.924. The van der Waals surface area contributed by atoms with E-state index in [0.717, 1.165) is 24.8 Å². The first-order valence-electron chi connectivity index (χ1n) is 8.41. The molecule has 1 aromatic heterocycles. The maximum atomic E-state index is 5.97. The molecule has 3 rings (SSSR count). The molecule has 2 saturated heterocycles. The lowest BCUT2D eigenvalue weighted by molar-refractivity contribution is 0.249. The van der Waals surface area contributed by atoms with Gasteiger partial charge in [0.15, 0.2) is 0 Å². The highest BCUT2D eigenvalue weighted by Gasteiger charge is 2.23. The summed E-state index contributed by atoms with van der Waals surface area (Å²) < 4.78 is 0. The maximum Gasteiger partial charge on any atom is 0.128 e. The van der Waals surface area contributed by atoms with Crippen molar-refractivity contribution in [1.29, 1.82) is 0 Å². The average molecular weight is 288 g/mol. The van der Waals surface area contributed by atoms with Gasteiger partial charge >= 0.3 is 0 Å². The minimum Gasteiger partial charge on any atom is -0.357 e. The van der Waals surface area contributed by atoms with Gasteiger partial charge in [-0.15, -0.1) is 0 Å². The van der Waals surface area contributed by atoms with E-state index in [1.807, 2.05) is 19.2 Å². The molecule has 4 nitrogen and oxygen atoms in total. The van der Waals surface area contributed by atoms with Crippen molar-refractivity contribution in [2.24, 2.45) is 11.7 Å². The molecule has 2 N–H and O–H groups in total. The Kier molecular flexibility index (Phi) is 4.76.